The van der Waals surface area contributed by atoms with Gasteiger partial charge in [-0.1, -0.05) is 18.2 Å². The predicted octanol–water partition coefficient (Wildman–Crippen LogP) is 3.54. The molecule has 2 rings (SSSR count). The Morgan fingerprint density at radius 2 is 1.90 bits per heavy atom. The lowest BCUT2D eigenvalue weighted by molar-refractivity contribution is 0.0226. The molecule has 1 heterocycles. The Balaban J connectivity index is 1.83. The molecule has 3 nitrogen and oxygen atoms in total. The molecule has 0 radical (unpaired) electrons. The number of rotatable bonds is 7. The largest absolute Gasteiger partial charge is 0.491 e. The van der Waals surface area contributed by atoms with Crippen LogP contribution in [0.2, 0.25) is 0 Å². The normalized spacial score (nSPS) is 13.9. The SMILES string of the molecule is Cc1ccsc1C(OCCOc1ccccc1)C(C)N. The van der Waals surface area contributed by atoms with Crippen LogP contribution in [0.5, 0.6) is 5.75 Å². The Hall–Kier alpha value is -1.36. The summed E-state index contributed by atoms with van der Waals surface area (Å²) >= 11 is 1.69. The van der Waals surface area contributed by atoms with Crippen molar-refractivity contribution in [2.24, 2.45) is 5.73 Å². The smallest absolute Gasteiger partial charge is 0.119 e. The highest BCUT2D eigenvalue weighted by Crippen LogP contribution is 2.28. The van der Waals surface area contributed by atoms with Crippen LogP contribution in [0.25, 0.3) is 0 Å². The second kappa shape index (κ2) is 7.43. The maximum absolute atomic E-state index is 6.03. The third-order valence-corrected chi connectivity index (χ3v) is 4.11. The monoisotopic (exact) mass is 291 g/mol. The molecule has 2 unspecified atom stereocenters. The summed E-state index contributed by atoms with van der Waals surface area (Å²) < 4.78 is 11.5. The standard InChI is InChI=1S/C16H21NO2S/c1-12-8-11-20-16(12)15(13(2)17)19-10-9-18-14-6-4-3-5-7-14/h3-8,11,13,15H,9-10,17H2,1-2H3. The lowest BCUT2D eigenvalue weighted by Crippen LogP contribution is -2.28. The van der Waals surface area contributed by atoms with Gasteiger partial charge >= 0.3 is 0 Å². The van der Waals surface area contributed by atoms with E-state index in [1.807, 2.05) is 37.3 Å². The van der Waals surface area contributed by atoms with Crippen molar-refractivity contribution < 1.29 is 9.47 Å². The lowest BCUT2D eigenvalue weighted by Gasteiger charge is -2.21. The van der Waals surface area contributed by atoms with Gasteiger partial charge in [-0.15, -0.1) is 11.3 Å². The maximum atomic E-state index is 6.03. The van der Waals surface area contributed by atoms with E-state index in [0.717, 1.165) is 5.75 Å². The Kier molecular flexibility index (Phi) is 5.59. The molecule has 0 saturated heterocycles. The van der Waals surface area contributed by atoms with E-state index in [1.165, 1.54) is 10.4 Å². The first-order valence-corrected chi connectivity index (χ1v) is 7.65. The van der Waals surface area contributed by atoms with Crippen molar-refractivity contribution in [1.29, 1.82) is 0 Å². The van der Waals surface area contributed by atoms with Gasteiger partial charge < -0.3 is 15.2 Å². The van der Waals surface area contributed by atoms with E-state index in [-0.39, 0.29) is 12.1 Å². The number of hydrogen-bond donors (Lipinski definition) is 1. The molecule has 108 valence electrons. The van der Waals surface area contributed by atoms with Crippen molar-refractivity contribution in [2.75, 3.05) is 13.2 Å². The van der Waals surface area contributed by atoms with Gasteiger partial charge in [0, 0.05) is 10.9 Å². The molecule has 1 aromatic heterocycles. The summed E-state index contributed by atoms with van der Waals surface area (Å²) in [6.07, 6.45) is -0.0608. The Morgan fingerprint density at radius 3 is 2.50 bits per heavy atom. The van der Waals surface area contributed by atoms with Crippen LogP contribution in [-0.4, -0.2) is 19.3 Å². The maximum Gasteiger partial charge on any atom is 0.119 e. The molecule has 2 aromatic rings. The van der Waals surface area contributed by atoms with Crippen LogP contribution < -0.4 is 10.5 Å². The third-order valence-electron chi connectivity index (χ3n) is 3.03. The van der Waals surface area contributed by atoms with E-state index >= 15 is 0 Å². The Bertz CT molecular complexity index is 510. The lowest BCUT2D eigenvalue weighted by atomic mass is 10.1. The van der Waals surface area contributed by atoms with E-state index < -0.39 is 0 Å². The zero-order chi connectivity index (χ0) is 14.4. The van der Waals surface area contributed by atoms with Gasteiger partial charge in [-0.05, 0) is 43.0 Å². The second-order valence-corrected chi connectivity index (χ2v) is 5.73. The van der Waals surface area contributed by atoms with Crippen molar-refractivity contribution >= 4 is 11.3 Å². The zero-order valence-electron chi connectivity index (χ0n) is 11.9. The van der Waals surface area contributed by atoms with Crippen molar-refractivity contribution in [3.8, 4) is 5.75 Å². The molecule has 0 fully saturated rings. The van der Waals surface area contributed by atoms with Crippen molar-refractivity contribution in [2.45, 2.75) is 26.0 Å². The summed E-state index contributed by atoms with van der Waals surface area (Å²) in [7, 11) is 0. The number of para-hydroxylation sites is 1. The first-order chi connectivity index (χ1) is 9.68. The predicted molar refractivity (Wildman–Crippen MR) is 83.3 cm³/mol. The molecule has 0 spiro atoms. The van der Waals surface area contributed by atoms with E-state index in [1.54, 1.807) is 11.3 Å². The van der Waals surface area contributed by atoms with Crippen LogP contribution in [0.4, 0.5) is 0 Å². The van der Waals surface area contributed by atoms with E-state index in [4.69, 9.17) is 15.2 Å². The summed E-state index contributed by atoms with van der Waals surface area (Å²) in [5.74, 6) is 0.862. The Morgan fingerprint density at radius 1 is 1.15 bits per heavy atom. The molecule has 1 aromatic carbocycles. The summed E-state index contributed by atoms with van der Waals surface area (Å²) in [4.78, 5) is 1.21. The van der Waals surface area contributed by atoms with Crippen molar-refractivity contribution in [3.05, 3.63) is 52.2 Å². The van der Waals surface area contributed by atoms with E-state index in [2.05, 4.69) is 18.4 Å². The van der Waals surface area contributed by atoms with Crippen molar-refractivity contribution in [3.63, 3.8) is 0 Å². The Labute approximate surface area is 124 Å². The number of aryl methyl sites for hydroxylation is 1. The average molecular weight is 291 g/mol. The molecular formula is C16H21NO2S. The number of benzene rings is 1. The minimum atomic E-state index is -0.0608. The number of thiophene rings is 1. The average Bonchev–Trinajstić information content (AvgIpc) is 2.85. The molecule has 0 amide bonds. The second-order valence-electron chi connectivity index (χ2n) is 4.78. The molecule has 4 heteroatoms. The van der Waals surface area contributed by atoms with Crippen LogP contribution in [-0.2, 0) is 4.74 Å². The quantitative estimate of drug-likeness (QED) is 0.794. The minimum Gasteiger partial charge on any atom is -0.491 e. The third kappa shape index (κ3) is 4.07. The van der Waals surface area contributed by atoms with Crippen molar-refractivity contribution in [1.82, 2.24) is 0 Å². The highest BCUT2D eigenvalue weighted by Gasteiger charge is 2.20. The van der Waals surface area contributed by atoms with Gasteiger partial charge in [0.25, 0.3) is 0 Å². The fourth-order valence-electron chi connectivity index (χ4n) is 1.99. The van der Waals surface area contributed by atoms with Gasteiger partial charge in [0.05, 0.1) is 6.61 Å². The molecule has 0 aliphatic carbocycles. The minimum absolute atomic E-state index is 0.0379. The highest BCUT2D eigenvalue weighted by molar-refractivity contribution is 7.10. The molecule has 0 bridgehead atoms. The number of nitrogens with two attached hydrogens (primary N) is 1. The molecule has 0 aliphatic heterocycles. The fraction of sp³-hybridized carbons (Fsp3) is 0.375. The number of hydrogen-bond acceptors (Lipinski definition) is 4. The molecule has 0 saturated carbocycles. The van der Waals surface area contributed by atoms with E-state index in [9.17, 15) is 0 Å². The molecule has 20 heavy (non-hydrogen) atoms. The van der Waals surface area contributed by atoms with Crippen LogP contribution in [0.3, 0.4) is 0 Å². The van der Waals surface area contributed by atoms with Gasteiger partial charge in [-0.25, -0.2) is 0 Å². The highest BCUT2D eigenvalue weighted by atomic mass is 32.1. The van der Waals surface area contributed by atoms with Gasteiger partial charge in [0.1, 0.15) is 18.5 Å². The summed E-state index contributed by atoms with van der Waals surface area (Å²) in [5.41, 5.74) is 7.27. The zero-order valence-corrected chi connectivity index (χ0v) is 12.7. The number of ether oxygens (including phenoxy) is 2. The van der Waals surface area contributed by atoms with Gasteiger partial charge in [0.15, 0.2) is 0 Å². The van der Waals surface area contributed by atoms with Gasteiger partial charge in [-0.2, -0.15) is 0 Å². The van der Waals surface area contributed by atoms with Gasteiger partial charge in [0.2, 0.25) is 0 Å². The molecule has 2 atom stereocenters. The summed E-state index contributed by atoms with van der Waals surface area (Å²) in [6, 6.07) is 11.8. The van der Waals surface area contributed by atoms with Crippen LogP contribution >= 0.6 is 11.3 Å². The molecule has 0 aliphatic rings. The first kappa shape index (κ1) is 15.0. The van der Waals surface area contributed by atoms with Crippen LogP contribution in [0.15, 0.2) is 41.8 Å². The summed E-state index contributed by atoms with van der Waals surface area (Å²) in [6.45, 7) is 5.11. The summed E-state index contributed by atoms with van der Waals surface area (Å²) in [5, 5.41) is 2.07. The topological polar surface area (TPSA) is 44.5 Å². The van der Waals surface area contributed by atoms with Crippen LogP contribution in [0.1, 0.15) is 23.5 Å². The van der Waals surface area contributed by atoms with Crippen LogP contribution in [0, 0.1) is 6.92 Å². The van der Waals surface area contributed by atoms with Gasteiger partial charge in [-0.3, -0.25) is 0 Å². The first-order valence-electron chi connectivity index (χ1n) is 6.77. The molecular weight excluding hydrogens is 270 g/mol. The fourth-order valence-corrected chi connectivity index (χ4v) is 3.08. The van der Waals surface area contributed by atoms with E-state index in [0.29, 0.717) is 13.2 Å². The molecule has 2 N–H and O–H groups in total.